The molecule has 0 aromatic carbocycles. The molecule has 4 nitrogen and oxygen atoms in total. The molecule has 0 fully saturated rings. The molecule has 1 atom stereocenters. The van der Waals surface area contributed by atoms with Crippen LogP contribution in [0.5, 0.6) is 0 Å². The molecule has 13 heavy (non-hydrogen) atoms. The quantitative estimate of drug-likeness (QED) is 0.591. The molecule has 0 saturated heterocycles. The van der Waals surface area contributed by atoms with Crippen molar-refractivity contribution in [2.75, 3.05) is 5.75 Å². The zero-order chi connectivity index (χ0) is 9.42. The number of rotatable bonds is 0. The number of nitrogens with one attached hydrogen (secondary N) is 1. The summed E-state index contributed by atoms with van der Waals surface area (Å²) in [5.74, 6) is 1.03. The summed E-state index contributed by atoms with van der Waals surface area (Å²) in [5.41, 5.74) is 2.32. The lowest BCUT2D eigenvalue weighted by molar-refractivity contribution is 0.589. The lowest BCUT2D eigenvalue weighted by atomic mass is 10.1. The lowest BCUT2D eigenvalue weighted by Gasteiger charge is -2.19. The van der Waals surface area contributed by atoms with Gasteiger partial charge in [0.2, 0.25) is 0 Å². The van der Waals surface area contributed by atoms with Crippen molar-refractivity contribution < 1.29 is 4.55 Å². The van der Waals surface area contributed by atoms with E-state index >= 15 is 0 Å². The summed E-state index contributed by atoms with van der Waals surface area (Å²) >= 11 is -0.868. The molecule has 1 aromatic rings. The molecule has 0 radical (unpaired) electrons. The Morgan fingerprint density at radius 1 is 1.54 bits per heavy atom. The minimum absolute atomic E-state index is 0.186. The predicted molar refractivity (Wildman–Crippen MR) is 50.0 cm³/mol. The normalized spacial score (nSPS) is 21.2. The van der Waals surface area contributed by atoms with Crippen LogP contribution in [0, 0.1) is 6.92 Å². The third kappa shape index (κ3) is 1.49. The molecule has 5 heteroatoms. The van der Waals surface area contributed by atoms with E-state index in [1.807, 2.05) is 6.92 Å². The Morgan fingerprint density at radius 2 is 2.31 bits per heavy atom. The van der Waals surface area contributed by atoms with E-state index in [-0.39, 0.29) is 5.56 Å². The van der Waals surface area contributed by atoms with E-state index in [2.05, 4.69) is 10.2 Å². The fraction of sp³-hybridized carbons (Fsp3) is 0.500. The molecular formula is C8H10N2O2S. The number of hydrogen-bond donors (Lipinski definition) is 1. The van der Waals surface area contributed by atoms with Crippen LogP contribution in [0.4, 0.5) is 0 Å². The van der Waals surface area contributed by atoms with Gasteiger partial charge in [-0.25, -0.2) is 5.10 Å². The average Bonchev–Trinajstić information content (AvgIpc) is 2.12. The Hall–Kier alpha value is -0.810. The van der Waals surface area contributed by atoms with Gasteiger partial charge in [0.15, 0.2) is 0 Å². The van der Waals surface area contributed by atoms with Crippen LogP contribution in [0.1, 0.15) is 16.8 Å². The maximum atomic E-state index is 11.3. The minimum Gasteiger partial charge on any atom is -0.616 e. The van der Waals surface area contributed by atoms with E-state index in [0.717, 1.165) is 11.3 Å². The van der Waals surface area contributed by atoms with Crippen molar-refractivity contribution in [2.45, 2.75) is 19.1 Å². The molecule has 1 aliphatic heterocycles. The van der Waals surface area contributed by atoms with Crippen molar-refractivity contribution in [1.82, 2.24) is 10.2 Å². The number of hydrogen-bond acceptors (Lipinski definition) is 3. The zero-order valence-electron chi connectivity index (χ0n) is 7.29. The van der Waals surface area contributed by atoms with Gasteiger partial charge in [-0.2, -0.15) is 5.10 Å². The van der Waals surface area contributed by atoms with Crippen LogP contribution >= 0.6 is 0 Å². The summed E-state index contributed by atoms with van der Waals surface area (Å²) < 4.78 is 11.2. The molecule has 0 amide bonds. The first-order chi connectivity index (χ1) is 6.18. The van der Waals surface area contributed by atoms with Gasteiger partial charge in [0.1, 0.15) is 11.5 Å². The maximum absolute atomic E-state index is 11.3. The standard InChI is InChI=1S/C8H10N2O2S/c1-5-6-2-3-13(12)4-7(6)8(11)10-9-5/h2-4H2,1H3,(H,10,11). The number of fused-ring (bicyclic) bond motifs is 1. The van der Waals surface area contributed by atoms with Gasteiger partial charge in [-0.15, -0.1) is 0 Å². The highest BCUT2D eigenvalue weighted by Gasteiger charge is 2.23. The van der Waals surface area contributed by atoms with Crippen LogP contribution in [0.15, 0.2) is 4.79 Å². The fourth-order valence-corrected chi connectivity index (χ4v) is 2.76. The van der Waals surface area contributed by atoms with Crippen LogP contribution in [0.3, 0.4) is 0 Å². The molecule has 1 unspecified atom stereocenters. The molecule has 0 bridgehead atoms. The Balaban J connectivity index is 2.57. The van der Waals surface area contributed by atoms with E-state index in [1.165, 1.54) is 0 Å². The molecule has 2 rings (SSSR count). The van der Waals surface area contributed by atoms with Crippen LogP contribution in [-0.2, 0) is 23.3 Å². The number of aromatic amines is 1. The SMILES string of the molecule is Cc1n[nH]c(=O)c2c1CC[S+]([O-])C2. The number of aryl methyl sites for hydroxylation is 1. The van der Waals surface area contributed by atoms with Crippen molar-refractivity contribution >= 4 is 11.2 Å². The highest BCUT2D eigenvalue weighted by molar-refractivity contribution is 7.90. The third-order valence-corrected chi connectivity index (χ3v) is 3.56. The second kappa shape index (κ2) is 3.16. The van der Waals surface area contributed by atoms with Gasteiger partial charge < -0.3 is 4.55 Å². The summed E-state index contributed by atoms with van der Waals surface area (Å²) in [6, 6.07) is 0. The molecule has 2 heterocycles. The second-order valence-corrected chi connectivity index (χ2v) is 4.71. The number of H-pyrrole nitrogens is 1. The van der Waals surface area contributed by atoms with Crippen LogP contribution in [-0.4, -0.2) is 20.5 Å². The lowest BCUT2D eigenvalue weighted by Crippen LogP contribution is -2.28. The molecule has 1 aliphatic rings. The van der Waals surface area contributed by atoms with E-state index in [4.69, 9.17) is 0 Å². The van der Waals surface area contributed by atoms with Gasteiger partial charge in [-0.05, 0) is 23.7 Å². The van der Waals surface area contributed by atoms with Crippen molar-refractivity contribution in [3.63, 3.8) is 0 Å². The first-order valence-electron chi connectivity index (χ1n) is 4.10. The highest BCUT2D eigenvalue weighted by atomic mass is 32.2. The van der Waals surface area contributed by atoms with Gasteiger partial charge in [0, 0.05) is 6.42 Å². The Morgan fingerprint density at radius 3 is 3.08 bits per heavy atom. The molecule has 0 aliphatic carbocycles. The average molecular weight is 198 g/mol. The van der Waals surface area contributed by atoms with Crippen molar-refractivity contribution in [2.24, 2.45) is 0 Å². The Labute approximate surface area is 78.5 Å². The number of nitrogens with zero attached hydrogens (tertiary/aromatic N) is 1. The minimum atomic E-state index is -0.868. The summed E-state index contributed by atoms with van der Waals surface area (Å²) in [6.07, 6.45) is 0.713. The van der Waals surface area contributed by atoms with Gasteiger partial charge >= 0.3 is 0 Å². The predicted octanol–water partition coefficient (Wildman–Crippen LogP) is -0.117. The Kier molecular flexibility index (Phi) is 2.13. The maximum Gasteiger partial charge on any atom is 0.272 e. The van der Waals surface area contributed by atoms with Crippen molar-refractivity contribution in [3.8, 4) is 0 Å². The van der Waals surface area contributed by atoms with Gasteiger partial charge in [0.05, 0.1) is 11.3 Å². The summed E-state index contributed by atoms with van der Waals surface area (Å²) in [5, 5.41) is 6.29. The zero-order valence-corrected chi connectivity index (χ0v) is 8.11. The van der Waals surface area contributed by atoms with Crippen LogP contribution < -0.4 is 5.56 Å². The smallest absolute Gasteiger partial charge is 0.272 e. The monoisotopic (exact) mass is 198 g/mol. The fourth-order valence-electron chi connectivity index (χ4n) is 1.56. The van der Waals surface area contributed by atoms with E-state index in [0.29, 0.717) is 23.5 Å². The summed E-state index contributed by atoms with van der Waals surface area (Å²) in [4.78, 5) is 11.3. The van der Waals surface area contributed by atoms with Crippen molar-refractivity contribution in [1.29, 1.82) is 0 Å². The molecule has 0 spiro atoms. The summed E-state index contributed by atoms with van der Waals surface area (Å²) in [7, 11) is 0. The van der Waals surface area contributed by atoms with E-state index in [1.54, 1.807) is 0 Å². The highest BCUT2D eigenvalue weighted by Crippen LogP contribution is 2.18. The Bertz CT molecular complexity index is 388. The van der Waals surface area contributed by atoms with Crippen LogP contribution in [0.25, 0.3) is 0 Å². The van der Waals surface area contributed by atoms with E-state index < -0.39 is 11.2 Å². The van der Waals surface area contributed by atoms with Crippen molar-refractivity contribution in [3.05, 3.63) is 27.2 Å². The van der Waals surface area contributed by atoms with Crippen LogP contribution in [0.2, 0.25) is 0 Å². The first kappa shape index (κ1) is 8.77. The first-order valence-corrected chi connectivity index (χ1v) is 5.59. The van der Waals surface area contributed by atoms with Gasteiger partial charge in [0.25, 0.3) is 5.56 Å². The van der Waals surface area contributed by atoms with Gasteiger partial charge in [-0.1, -0.05) is 0 Å². The molecule has 0 saturated carbocycles. The number of aromatic nitrogens is 2. The second-order valence-electron chi connectivity index (χ2n) is 3.13. The summed E-state index contributed by atoms with van der Waals surface area (Å²) in [6.45, 7) is 1.86. The van der Waals surface area contributed by atoms with Gasteiger partial charge in [-0.3, -0.25) is 4.79 Å². The molecule has 1 N–H and O–H groups in total. The molecule has 70 valence electrons. The third-order valence-electron chi connectivity index (χ3n) is 2.29. The largest absolute Gasteiger partial charge is 0.616 e. The molecule has 1 aromatic heterocycles. The molecular weight excluding hydrogens is 188 g/mol. The topological polar surface area (TPSA) is 68.8 Å². The van der Waals surface area contributed by atoms with E-state index in [9.17, 15) is 9.35 Å².